The van der Waals surface area contributed by atoms with E-state index in [9.17, 15) is 0 Å². The number of benzene rings is 1. The van der Waals surface area contributed by atoms with E-state index in [2.05, 4.69) is 22.1 Å². The molecule has 0 bridgehead atoms. The average Bonchev–Trinajstić information content (AvgIpc) is 2.88. The molecule has 0 amide bonds. The van der Waals surface area contributed by atoms with Crippen LogP contribution in [-0.4, -0.2) is 41.3 Å². The first-order valence-electron chi connectivity index (χ1n) is 6.98. The lowest BCUT2D eigenvalue weighted by Gasteiger charge is -2.29. The summed E-state index contributed by atoms with van der Waals surface area (Å²) in [5.74, 6) is 1.39. The Labute approximate surface area is 118 Å². The highest BCUT2D eigenvalue weighted by Crippen LogP contribution is 2.31. The molecule has 0 atom stereocenters. The quantitative estimate of drug-likeness (QED) is 0.898. The fourth-order valence-corrected chi connectivity index (χ4v) is 2.55. The van der Waals surface area contributed by atoms with Gasteiger partial charge < -0.3 is 15.4 Å². The monoisotopic (exact) mass is 272 g/mol. The van der Waals surface area contributed by atoms with Crippen molar-refractivity contribution in [2.24, 2.45) is 0 Å². The predicted molar refractivity (Wildman–Crippen MR) is 79.6 cm³/mol. The van der Waals surface area contributed by atoms with Crippen LogP contribution in [0.3, 0.4) is 0 Å². The third-order valence-electron chi connectivity index (χ3n) is 3.73. The Morgan fingerprint density at radius 1 is 1.30 bits per heavy atom. The Bertz CT molecular complexity index is 573. The van der Waals surface area contributed by atoms with Crippen LogP contribution in [0.25, 0.3) is 11.3 Å². The number of anilines is 1. The summed E-state index contributed by atoms with van der Waals surface area (Å²) in [6.07, 6.45) is 2.42. The number of para-hydroxylation sites is 1. The van der Waals surface area contributed by atoms with Crippen molar-refractivity contribution in [2.75, 3.05) is 25.9 Å². The molecule has 0 unspecified atom stereocenters. The van der Waals surface area contributed by atoms with Crippen molar-refractivity contribution < 1.29 is 4.74 Å². The maximum atomic E-state index is 6.18. The number of rotatable bonds is 3. The van der Waals surface area contributed by atoms with Gasteiger partial charge in [0.05, 0.1) is 5.69 Å². The van der Waals surface area contributed by atoms with E-state index in [1.165, 1.54) is 0 Å². The van der Waals surface area contributed by atoms with Crippen molar-refractivity contribution in [3.05, 3.63) is 30.3 Å². The van der Waals surface area contributed by atoms with E-state index >= 15 is 0 Å². The van der Waals surface area contributed by atoms with E-state index in [1.54, 1.807) is 0 Å². The molecular weight excluding hydrogens is 252 g/mol. The summed E-state index contributed by atoms with van der Waals surface area (Å²) in [7, 11) is 2.15. The molecule has 0 spiro atoms. The molecule has 20 heavy (non-hydrogen) atoms. The minimum Gasteiger partial charge on any atom is -0.490 e. The van der Waals surface area contributed by atoms with Crippen LogP contribution < -0.4 is 10.5 Å². The van der Waals surface area contributed by atoms with E-state index in [4.69, 9.17) is 10.5 Å². The minimum atomic E-state index is 0.285. The van der Waals surface area contributed by atoms with Gasteiger partial charge in [-0.15, -0.1) is 0 Å². The summed E-state index contributed by atoms with van der Waals surface area (Å²) in [4.78, 5) is 2.33. The Balaban J connectivity index is 1.80. The number of piperidine rings is 1. The van der Waals surface area contributed by atoms with Crippen LogP contribution >= 0.6 is 0 Å². The van der Waals surface area contributed by atoms with Gasteiger partial charge in [-0.25, -0.2) is 0 Å². The van der Waals surface area contributed by atoms with Gasteiger partial charge in [0.2, 0.25) is 0 Å². The molecule has 1 aromatic carbocycles. The van der Waals surface area contributed by atoms with Crippen LogP contribution in [-0.2, 0) is 0 Å². The van der Waals surface area contributed by atoms with Crippen LogP contribution in [0.2, 0.25) is 0 Å². The van der Waals surface area contributed by atoms with Gasteiger partial charge in [-0.2, -0.15) is 5.10 Å². The second kappa shape index (κ2) is 5.54. The molecule has 1 aliphatic heterocycles. The molecule has 0 radical (unpaired) electrons. The normalized spacial score (nSPS) is 17.2. The van der Waals surface area contributed by atoms with Crippen LogP contribution in [0.5, 0.6) is 5.75 Å². The van der Waals surface area contributed by atoms with Crippen LogP contribution in [0.15, 0.2) is 30.3 Å². The van der Waals surface area contributed by atoms with Crippen LogP contribution in [0, 0.1) is 0 Å². The number of nitrogens with two attached hydrogens (primary N) is 1. The lowest BCUT2D eigenvalue weighted by Crippen LogP contribution is -2.35. The first kappa shape index (κ1) is 13.0. The van der Waals surface area contributed by atoms with Crippen molar-refractivity contribution in [1.29, 1.82) is 0 Å². The number of aromatic nitrogens is 2. The number of hydrogen-bond donors (Lipinski definition) is 2. The maximum Gasteiger partial charge on any atom is 0.145 e. The molecule has 2 aromatic rings. The van der Waals surface area contributed by atoms with Crippen LogP contribution in [0.1, 0.15) is 12.8 Å². The highest BCUT2D eigenvalue weighted by Gasteiger charge is 2.19. The lowest BCUT2D eigenvalue weighted by atomic mass is 10.1. The Kier molecular flexibility index (Phi) is 3.60. The first-order chi connectivity index (χ1) is 9.72. The Hall–Kier alpha value is -2.01. The summed E-state index contributed by atoms with van der Waals surface area (Å²) in [6.45, 7) is 2.17. The molecule has 2 heterocycles. The second-order valence-corrected chi connectivity index (χ2v) is 5.32. The predicted octanol–water partition coefficient (Wildman–Crippen LogP) is 2.13. The third-order valence-corrected chi connectivity index (χ3v) is 3.73. The number of likely N-dealkylation sites (tertiary alicyclic amines) is 1. The zero-order chi connectivity index (χ0) is 13.9. The van der Waals surface area contributed by atoms with Gasteiger partial charge in [-0.1, -0.05) is 12.1 Å². The van der Waals surface area contributed by atoms with Gasteiger partial charge in [0.25, 0.3) is 0 Å². The van der Waals surface area contributed by atoms with Crippen molar-refractivity contribution in [1.82, 2.24) is 15.1 Å². The number of nitrogen functional groups attached to an aromatic ring is 1. The lowest BCUT2D eigenvalue weighted by molar-refractivity contribution is 0.115. The van der Waals surface area contributed by atoms with Gasteiger partial charge in [0.15, 0.2) is 0 Å². The maximum absolute atomic E-state index is 6.18. The van der Waals surface area contributed by atoms with Gasteiger partial charge >= 0.3 is 0 Å². The summed E-state index contributed by atoms with van der Waals surface area (Å²) in [5.41, 5.74) is 7.58. The fraction of sp³-hybridized carbons (Fsp3) is 0.400. The Morgan fingerprint density at radius 2 is 2.05 bits per heavy atom. The van der Waals surface area contributed by atoms with E-state index in [1.807, 2.05) is 30.3 Å². The minimum absolute atomic E-state index is 0.285. The highest BCUT2D eigenvalue weighted by atomic mass is 16.5. The second-order valence-electron chi connectivity index (χ2n) is 5.32. The van der Waals surface area contributed by atoms with E-state index in [0.29, 0.717) is 5.82 Å². The molecule has 0 aliphatic carbocycles. The van der Waals surface area contributed by atoms with Gasteiger partial charge in [-0.05, 0) is 32.0 Å². The molecule has 1 aromatic heterocycles. The van der Waals surface area contributed by atoms with Crippen molar-refractivity contribution in [3.63, 3.8) is 0 Å². The van der Waals surface area contributed by atoms with Gasteiger partial charge in [0.1, 0.15) is 17.7 Å². The van der Waals surface area contributed by atoms with E-state index < -0.39 is 0 Å². The fourth-order valence-electron chi connectivity index (χ4n) is 2.55. The number of ether oxygens (including phenoxy) is 1. The molecule has 5 heteroatoms. The molecule has 3 rings (SSSR count). The Morgan fingerprint density at radius 3 is 2.75 bits per heavy atom. The topological polar surface area (TPSA) is 67.2 Å². The summed E-state index contributed by atoms with van der Waals surface area (Å²) >= 11 is 0. The van der Waals surface area contributed by atoms with Crippen LogP contribution in [0.4, 0.5) is 5.82 Å². The molecule has 106 valence electrons. The van der Waals surface area contributed by atoms with Crippen molar-refractivity contribution in [3.8, 4) is 17.0 Å². The molecule has 5 nitrogen and oxygen atoms in total. The highest BCUT2D eigenvalue weighted by molar-refractivity contribution is 5.68. The SMILES string of the molecule is CN1CCC(Oc2ccccc2-c2cc(N)n[nH]2)CC1. The molecule has 1 aliphatic rings. The number of hydrogen-bond acceptors (Lipinski definition) is 4. The zero-order valence-corrected chi connectivity index (χ0v) is 11.7. The summed E-state index contributed by atoms with van der Waals surface area (Å²) in [6, 6.07) is 9.85. The number of nitrogens with one attached hydrogen (secondary N) is 1. The molecule has 1 saturated heterocycles. The first-order valence-corrected chi connectivity index (χ1v) is 6.98. The average molecular weight is 272 g/mol. The summed E-state index contributed by atoms with van der Waals surface area (Å²) in [5, 5.41) is 6.92. The zero-order valence-electron chi connectivity index (χ0n) is 11.7. The van der Waals surface area contributed by atoms with Gasteiger partial charge in [0, 0.05) is 24.7 Å². The third kappa shape index (κ3) is 2.77. The van der Waals surface area contributed by atoms with Crippen molar-refractivity contribution >= 4 is 5.82 Å². The number of H-pyrrole nitrogens is 1. The smallest absolute Gasteiger partial charge is 0.145 e. The molecule has 1 fully saturated rings. The summed E-state index contributed by atoms with van der Waals surface area (Å²) < 4.78 is 6.18. The van der Waals surface area contributed by atoms with E-state index in [-0.39, 0.29) is 6.10 Å². The van der Waals surface area contributed by atoms with Crippen molar-refractivity contribution in [2.45, 2.75) is 18.9 Å². The number of nitrogens with zero attached hydrogens (tertiary/aromatic N) is 2. The molecule has 0 saturated carbocycles. The largest absolute Gasteiger partial charge is 0.490 e. The molecule has 3 N–H and O–H groups in total. The number of aromatic amines is 1. The van der Waals surface area contributed by atoms with Gasteiger partial charge in [-0.3, -0.25) is 5.10 Å². The van der Waals surface area contributed by atoms with E-state index in [0.717, 1.165) is 42.9 Å². The molecular formula is C15H20N4O. The standard InChI is InChI=1S/C15H20N4O/c1-19-8-6-11(7-9-19)20-14-5-3-2-4-12(14)13-10-15(16)18-17-13/h2-5,10-11H,6-9H2,1H3,(H3,16,17,18).